The first kappa shape index (κ1) is 20.0. The van der Waals surface area contributed by atoms with Crippen molar-refractivity contribution in [1.82, 2.24) is 4.90 Å². The monoisotopic (exact) mass is 398 g/mol. The Labute approximate surface area is 159 Å². The fourth-order valence-corrected chi connectivity index (χ4v) is 5.59. The molecule has 0 aliphatic carbocycles. The number of ether oxygens (including phenoxy) is 2. The van der Waals surface area contributed by atoms with Gasteiger partial charge in [0.05, 0.1) is 46.3 Å². The van der Waals surface area contributed by atoms with Gasteiger partial charge in [-0.3, -0.25) is 9.59 Å². The van der Waals surface area contributed by atoms with Crippen LogP contribution in [0.15, 0.2) is 27.4 Å². The average molecular weight is 398 g/mol. The predicted octanol–water partition coefficient (Wildman–Crippen LogP) is 1.70. The molecule has 0 radical (unpaired) electrons. The predicted molar refractivity (Wildman–Crippen MR) is 98.9 cm³/mol. The van der Waals surface area contributed by atoms with Gasteiger partial charge in [-0.25, -0.2) is 4.21 Å². The molecule has 1 aromatic heterocycles. The molecule has 1 aromatic rings. The highest BCUT2D eigenvalue weighted by molar-refractivity contribution is 7.93. The number of hydrogen-bond donors (Lipinski definition) is 0. The maximum absolute atomic E-state index is 13.0. The minimum absolute atomic E-state index is 0.0400. The van der Waals surface area contributed by atoms with E-state index in [2.05, 4.69) is 4.36 Å². The van der Waals surface area contributed by atoms with E-state index in [-0.39, 0.29) is 23.5 Å². The van der Waals surface area contributed by atoms with Crippen LogP contribution in [0.2, 0.25) is 0 Å². The zero-order chi connectivity index (χ0) is 19.5. The van der Waals surface area contributed by atoms with Crippen LogP contribution in [0.25, 0.3) is 0 Å². The number of methoxy groups -OCH3 is 1. The van der Waals surface area contributed by atoms with Gasteiger partial charge in [-0.1, -0.05) is 0 Å². The number of hydrogen-bond acceptors (Lipinski definition) is 6. The van der Waals surface area contributed by atoms with Crippen molar-refractivity contribution in [1.29, 1.82) is 0 Å². The number of nitrogens with zero attached hydrogens (tertiary/aromatic N) is 2. The number of morpholine rings is 1. The molecule has 0 bridgehead atoms. The summed E-state index contributed by atoms with van der Waals surface area (Å²) in [6, 6.07) is 1.51. The molecule has 9 heteroatoms. The Hall–Kier alpha value is -1.71. The molecule has 27 heavy (non-hydrogen) atoms. The van der Waals surface area contributed by atoms with Crippen molar-refractivity contribution in [3.05, 3.63) is 24.2 Å². The van der Waals surface area contributed by atoms with Crippen LogP contribution in [0.4, 0.5) is 0 Å². The maximum Gasteiger partial charge on any atom is 0.288 e. The molecule has 1 unspecified atom stereocenters. The molecule has 0 N–H and O–H groups in total. The van der Waals surface area contributed by atoms with Crippen molar-refractivity contribution in [2.24, 2.45) is 4.36 Å². The molecule has 150 valence electrons. The SMILES string of the molecule is COC(C)CC(=O)N1CCOC2(CCS(=O)(=NC(=O)c3ccoc3)CC2)C1. The van der Waals surface area contributed by atoms with Crippen molar-refractivity contribution in [2.75, 3.05) is 38.3 Å². The topological polar surface area (TPSA) is 98.4 Å². The van der Waals surface area contributed by atoms with E-state index in [9.17, 15) is 13.8 Å². The highest BCUT2D eigenvalue weighted by atomic mass is 32.2. The van der Waals surface area contributed by atoms with Gasteiger partial charge in [-0.15, -0.1) is 0 Å². The molecule has 0 saturated carbocycles. The van der Waals surface area contributed by atoms with E-state index in [4.69, 9.17) is 13.9 Å². The molecule has 0 aromatic carbocycles. The molecule has 3 rings (SSSR count). The van der Waals surface area contributed by atoms with Gasteiger partial charge < -0.3 is 18.8 Å². The molecule has 2 aliphatic rings. The van der Waals surface area contributed by atoms with E-state index in [1.165, 1.54) is 18.6 Å². The number of carbonyl (C=O) groups is 2. The third kappa shape index (κ3) is 4.77. The molecule has 8 nitrogen and oxygen atoms in total. The van der Waals surface area contributed by atoms with Crippen LogP contribution in [0.1, 0.15) is 36.5 Å². The molecule has 1 atom stereocenters. The minimum Gasteiger partial charge on any atom is -0.472 e. The summed E-state index contributed by atoms with van der Waals surface area (Å²) in [5.41, 5.74) is -0.199. The third-order valence-corrected chi connectivity index (χ3v) is 7.42. The average Bonchev–Trinajstić information content (AvgIpc) is 3.20. The molecule has 2 fully saturated rings. The highest BCUT2D eigenvalue weighted by Gasteiger charge is 2.42. The Morgan fingerprint density at radius 3 is 2.78 bits per heavy atom. The van der Waals surface area contributed by atoms with Gasteiger partial charge in [0, 0.05) is 31.7 Å². The van der Waals surface area contributed by atoms with Crippen LogP contribution in [0.5, 0.6) is 0 Å². The third-order valence-electron chi connectivity index (χ3n) is 5.24. The Morgan fingerprint density at radius 1 is 1.41 bits per heavy atom. The zero-order valence-electron chi connectivity index (χ0n) is 15.7. The second-order valence-electron chi connectivity index (χ2n) is 7.19. The lowest BCUT2D eigenvalue weighted by Gasteiger charge is -2.45. The van der Waals surface area contributed by atoms with Gasteiger partial charge in [0.1, 0.15) is 6.26 Å². The van der Waals surface area contributed by atoms with E-state index < -0.39 is 21.2 Å². The van der Waals surface area contributed by atoms with Crippen molar-refractivity contribution in [3.63, 3.8) is 0 Å². The van der Waals surface area contributed by atoms with Gasteiger partial charge >= 0.3 is 0 Å². The number of amides is 2. The first-order valence-corrected chi connectivity index (χ1v) is 10.9. The lowest BCUT2D eigenvalue weighted by Crippen LogP contribution is -2.56. The van der Waals surface area contributed by atoms with E-state index in [0.717, 1.165) is 0 Å². The van der Waals surface area contributed by atoms with Crippen LogP contribution < -0.4 is 0 Å². The summed E-state index contributed by atoms with van der Waals surface area (Å²) in [5, 5.41) is 0. The quantitative estimate of drug-likeness (QED) is 0.766. The summed E-state index contributed by atoms with van der Waals surface area (Å²) >= 11 is 0. The Balaban J connectivity index is 1.64. The van der Waals surface area contributed by atoms with E-state index in [0.29, 0.717) is 44.5 Å². The summed E-state index contributed by atoms with van der Waals surface area (Å²) in [5.74, 6) is 0.0954. The number of furan rings is 1. The Bertz CT molecular complexity index is 783. The van der Waals surface area contributed by atoms with Crippen LogP contribution in [0.3, 0.4) is 0 Å². The highest BCUT2D eigenvalue weighted by Crippen LogP contribution is 2.32. The van der Waals surface area contributed by atoms with Gasteiger partial charge in [-0.2, -0.15) is 4.36 Å². The molecule has 2 aliphatic heterocycles. The van der Waals surface area contributed by atoms with Gasteiger partial charge in [0.2, 0.25) is 5.91 Å². The Morgan fingerprint density at radius 2 is 2.15 bits per heavy atom. The molecule has 2 amide bonds. The number of carbonyl (C=O) groups excluding carboxylic acids is 2. The van der Waals surface area contributed by atoms with E-state index in [1.54, 1.807) is 12.0 Å². The molecule has 3 heterocycles. The smallest absolute Gasteiger partial charge is 0.288 e. The first-order chi connectivity index (χ1) is 12.8. The summed E-state index contributed by atoms with van der Waals surface area (Å²) in [4.78, 5) is 26.4. The van der Waals surface area contributed by atoms with Gasteiger partial charge in [-0.05, 0) is 25.8 Å². The summed E-state index contributed by atoms with van der Waals surface area (Å²) in [6.45, 7) is 3.35. The summed E-state index contributed by atoms with van der Waals surface area (Å²) in [7, 11) is -1.03. The molecular formula is C18H26N2O6S. The fraction of sp³-hybridized carbons (Fsp3) is 0.667. The van der Waals surface area contributed by atoms with Crippen molar-refractivity contribution in [3.8, 4) is 0 Å². The largest absolute Gasteiger partial charge is 0.472 e. The fourth-order valence-electron chi connectivity index (χ4n) is 3.42. The molecule has 1 spiro atoms. The first-order valence-electron chi connectivity index (χ1n) is 9.08. The second-order valence-corrected chi connectivity index (χ2v) is 9.73. The minimum atomic E-state index is -2.62. The van der Waals surface area contributed by atoms with Gasteiger partial charge in [0.25, 0.3) is 5.91 Å². The van der Waals surface area contributed by atoms with Crippen molar-refractivity contribution in [2.45, 2.75) is 37.9 Å². The summed E-state index contributed by atoms with van der Waals surface area (Å²) < 4.78 is 33.0. The van der Waals surface area contributed by atoms with Gasteiger partial charge in [0.15, 0.2) is 0 Å². The second kappa shape index (κ2) is 8.12. The van der Waals surface area contributed by atoms with E-state index in [1.807, 2.05) is 6.92 Å². The Kier molecular flexibility index (Phi) is 6.02. The number of rotatable bonds is 4. The molecular weight excluding hydrogens is 372 g/mol. The van der Waals surface area contributed by atoms with Crippen LogP contribution in [0, 0.1) is 0 Å². The standard InChI is InChI=1S/C18H26N2O6S/c1-14(24-2)11-16(21)20-6-8-26-18(13-20)4-9-27(23,10-5-18)19-17(22)15-3-7-25-12-15/h3,7,12,14H,4-6,8-11,13H2,1-2H3. The van der Waals surface area contributed by atoms with Crippen molar-refractivity contribution >= 4 is 21.5 Å². The van der Waals surface area contributed by atoms with E-state index >= 15 is 0 Å². The zero-order valence-corrected chi connectivity index (χ0v) is 16.5. The summed E-state index contributed by atoms with van der Waals surface area (Å²) in [6.07, 6.45) is 3.91. The van der Waals surface area contributed by atoms with Crippen molar-refractivity contribution < 1.29 is 27.7 Å². The lowest BCUT2D eigenvalue weighted by atomic mass is 9.94. The molecule has 2 saturated heterocycles. The normalized spacial score (nSPS) is 29.5. The van der Waals surface area contributed by atoms with Crippen LogP contribution in [-0.4, -0.2) is 70.9 Å². The van der Waals surface area contributed by atoms with Crippen LogP contribution in [-0.2, 0) is 24.0 Å². The lowest BCUT2D eigenvalue weighted by molar-refractivity contribution is -0.154. The van der Waals surface area contributed by atoms with Crippen LogP contribution >= 0.6 is 0 Å². The maximum atomic E-state index is 13.0.